The first kappa shape index (κ1) is 27.5. The summed E-state index contributed by atoms with van der Waals surface area (Å²) in [5.74, 6) is 0.751. The molecule has 1 aromatic carbocycles. The maximum atomic E-state index is 11.5. The highest BCUT2D eigenvalue weighted by molar-refractivity contribution is 14.0. The largest absolute Gasteiger partial charge is 0.444 e. The van der Waals surface area contributed by atoms with Crippen molar-refractivity contribution in [3.8, 4) is 0 Å². The molecule has 0 aliphatic heterocycles. The molecular weight excluding hydrogens is 483 g/mol. The Labute approximate surface area is 192 Å². The van der Waals surface area contributed by atoms with E-state index >= 15 is 0 Å². The zero-order valence-electron chi connectivity index (χ0n) is 18.1. The number of ether oxygens (including phenoxy) is 2. The molecule has 0 saturated heterocycles. The van der Waals surface area contributed by atoms with Gasteiger partial charge in [0.2, 0.25) is 0 Å². The monoisotopic (exact) mass is 520 g/mol. The maximum absolute atomic E-state index is 11.5. The summed E-state index contributed by atoms with van der Waals surface area (Å²) in [5, 5.41) is 9.21. The fourth-order valence-electron chi connectivity index (χ4n) is 2.34. The number of benzene rings is 1. The number of guanidine groups is 1. The average Bonchev–Trinajstić information content (AvgIpc) is 2.64. The van der Waals surface area contributed by atoms with Gasteiger partial charge in [0.05, 0.1) is 6.61 Å². The van der Waals surface area contributed by atoms with Gasteiger partial charge in [-0.3, -0.25) is 4.99 Å². The Morgan fingerprint density at radius 3 is 2.21 bits per heavy atom. The second kappa shape index (κ2) is 16.3. The van der Waals surface area contributed by atoms with Crippen molar-refractivity contribution in [3.63, 3.8) is 0 Å². The van der Waals surface area contributed by atoms with E-state index in [0.29, 0.717) is 13.1 Å². The molecule has 0 saturated carbocycles. The predicted molar refractivity (Wildman–Crippen MR) is 129 cm³/mol. The minimum atomic E-state index is -0.473. The lowest BCUT2D eigenvalue weighted by Gasteiger charge is -2.19. The van der Waals surface area contributed by atoms with E-state index in [2.05, 4.69) is 33.1 Å². The first-order valence-electron chi connectivity index (χ1n) is 9.94. The third-order valence-corrected chi connectivity index (χ3v) is 3.67. The van der Waals surface area contributed by atoms with Crippen LogP contribution >= 0.6 is 24.0 Å². The Kier molecular flexibility index (Phi) is 15.4. The zero-order valence-corrected chi connectivity index (χ0v) is 20.5. The van der Waals surface area contributed by atoms with Crippen molar-refractivity contribution in [1.29, 1.82) is 0 Å². The fourth-order valence-corrected chi connectivity index (χ4v) is 2.34. The molecule has 0 spiro atoms. The van der Waals surface area contributed by atoms with Crippen LogP contribution in [0.15, 0.2) is 35.3 Å². The van der Waals surface area contributed by atoms with Gasteiger partial charge in [0.15, 0.2) is 5.96 Å². The number of nitrogens with zero attached hydrogens (tertiary/aromatic N) is 1. The number of hydrogen-bond acceptors (Lipinski definition) is 4. The average molecular weight is 520 g/mol. The number of amides is 1. The molecule has 0 aromatic heterocycles. The summed E-state index contributed by atoms with van der Waals surface area (Å²) in [6.45, 7) is 9.05. The van der Waals surface area contributed by atoms with Gasteiger partial charge in [-0.15, -0.1) is 24.0 Å². The predicted octanol–water partition coefficient (Wildman–Crippen LogP) is 3.33. The van der Waals surface area contributed by atoms with Crippen molar-refractivity contribution in [1.82, 2.24) is 16.0 Å². The van der Waals surface area contributed by atoms with Gasteiger partial charge in [-0.05, 0) is 45.6 Å². The summed E-state index contributed by atoms with van der Waals surface area (Å²) in [6, 6.07) is 10.3. The number of carbonyl (C=O) groups excluding carboxylic acids is 1. The SMILES string of the molecule is CN=C(NCCCNC(=O)OC(C)(C)C)NCCCOCCc1ccccc1.I. The third kappa shape index (κ3) is 16.0. The van der Waals surface area contributed by atoms with Crippen molar-refractivity contribution < 1.29 is 14.3 Å². The minimum Gasteiger partial charge on any atom is -0.444 e. The molecule has 8 heteroatoms. The molecular formula is C21H37IN4O3. The molecule has 0 aliphatic rings. The van der Waals surface area contributed by atoms with Crippen LogP contribution in [0.5, 0.6) is 0 Å². The summed E-state index contributed by atoms with van der Waals surface area (Å²) in [4.78, 5) is 15.7. The minimum absolute atomic E-state index is 0. The Morgan fingerprint density at radius 1 is 0.966 bits per heavy atom. The molecule has 1 aromatic rings. The van der Waals surface area contributed by atoms with Crippen LogP contribution in [0.25, 0.3) is 0 Å². The summed E-state index contributed by atoms with van der Waals surface area (Å²) in [7, 11) is 1.74. The molecule has 1 rings (SSSR count). The molecule has 29 heavy (non-hydrogen) atoms. The fraction of sp³-hybridized carbons (Fsp3) is 0.619. The highest BCUT2D eigenvalue weighted by Crippen LogP contribution is 2.06. The molecule has 0 bridgehead atoms. The standard InChI is InChI=1S/C21H36N4O3.HI/c1-21(2,3)28-20(26)25-14-8-13-23-19(22-4)24-15-9-16-27-17-12-18-10-6-5-7-11-18;/h5-7,10-11H,8-9,12-17H2,1-4H3,(H,25,26)(H2,22,23,24);1H. The van der Waals surface area contributed by atoms with E-state index in [-0.39, 0.29) is 30.1 Å². The molecule has 0 atom stereocenters. The van der Waals surface area contributed by atoms with E-state index in [0.717, 1.165) is 45.0 Å². The molecule has 0 unspecified atom stereocenters. The molecule has 3 N–H and O–H groups in total. The maximum Gasteiger partial charge on any atom is 0.407 e. The van der Waals surface area contributed by atoms with Crippen LogP contribution in [0.2, 0.25) is 0 Å². The van der Waals surface area contributed by atoms with Crippen molar-refractivity contribution in [2.75, 3.05) is 39.9 Å². The van der Waals surface area contributed by atoms with Crippen LogP contribution in [0.3, 0.4) is 0 Å². The number of alkyl carbamates (subject to hydrolysis) is 1. The Balaban J connectivity index is 0.00000784. The van der Waals surface area contributed by atoms with Gasteiger partial charge in [0.1, 0.15) is 5.60 Å². The molecule has 1 amide bonds. The lowest BCUT2D eigenvalue weighted by molar-refractivity contribution is 0.0527. The number of halogens is 1. The molecule has 7 nitrogen and oxygen atoms in total. The van der Waals surface area contributed by atoms with Gasteiger partial charge in [-0.1, -0.05) is 30.3 Å². The smallest absolute Gasteiger partial charge is 0.407 e. The van der Waals surface area contributed by atoms with E-state index in [1.54, 1.807) is 7.05 Å². The normalized spacial score (nSPS) is 11.4. The number of carbonyl (C=O) groups is 1. The van der Waals surface area contributed by atoms with Crippen LogP contribution in [-0.4, -0.2) is 57.5 Å². The number of rotatable bonds is 11. The van der Waals surface area contributed by atoms with Crippen molar-refractivity contribution in [2.24, 2.45) is 4.99 Å². The van der Waals surface area contributed by atoms with Gasteiger partial charge in [-0.2, -0.15) is 0 Å². The topological polar surface area (TPSA) is 84.0 Å². The van der Waals surface area contributed by atoms with E-state index in [4.69, 9.17) is 9.47 Å². The Bertz CT molecular complexity index is 577. The Morgan fingerprint density at radius 2 is 1.59 bits per heavy atom. The van der Waals surface area contributed by atoms with E-state index in [1.165, 1.54) is 5.56 Å². The van der Waals surface area contributed by atoms with Crippen molar-refractivity contribution >= 4 is 36.0 Å². The lowest BCUT2D eigenvalue weighted by Crippen LogP contribution is -2.39. The molecule has 166 valence electrons. The van der Waals surface area contributed by atoms with Gasteiger partial charge >= 0.3 is 6.09 Å². The van der Waals surface area contributed by atoms with Gasteiger partial charge in [0, 0.05) is 33.3 Å². The Hall–Kier alpha value is -1.55. The molecule has 0 heterocycles. The second-order valence-corrected chi connectivity index (χ2v) is 7.41. The number of aliphatic imine (C=N–C) groups is 1. The van der Waals surface area contributed by atoms with E-state index in [9.17, 15) is 4.79 Å². The molecule has 0 fully saturated rings. The van der Waals surface area contributed by atoms with Crippen LogP contribution in [0, 0.1) is 0 Å². The first-order valence-corrected chi connectivity index (χ1v) is 9.94. The zero-order chi connectivity index (χ0) is 20.7. The van der Waals surface area contributed by atoms with Gasteiger partial charge < -0.3 is 25.4 Å². The second-order valence-electron chi connectivity index (χ2n) is 7.41. The summed E-state index contributed by atoms with van der Waals surface area (Å²) >= 11 is 0. The van der Waals surface area contributed by atoms with Crippen molar-refractivity contribution in [3.05, 3.63) is 35.9 Å². The van der Waals surface area contributed by atoms with Gasteiger partial charge in [-0.25, -0.2) is 4.79 Å². The number of nitrogens with one attached hydrogen (secondary N) is 3. The molecule has 0 aliphatic carbocycles. The van der Waals surface area contributed by atoms with E-state index < -0.39 is 5.60 Å². The highest BCUT2D eigenvalue weighted by Gasteiger charge is 2.15. The van der Waals surface area contributed by atoms with Crippen LogP contribution < -0.4 is 16.0 Å². The summed E-state index contributed by atoms with van der Waals surface area (Å²) < 4.78 is 10.9. The van der Waals surface area contributed by atoms with Crippen molar-refractivity contribution in [2.45, 2.75) is 45.6 Å². The van der Waals surface area contributed by atoms with Crippen LogP contribution in [-0.2, 0) is 15.9 Å². The highest BCUT2D eigenvalue weighted by atomic mass is 127. The third-order valence-electron chi connectivity index (χ3n) is 3.67. The number of hydrogen-bond donors (Lipinski definition) is 3. The van der Waals surface area contributed by atoms with E-state index in [1.807, 2.05) is 39.0 Å². The summed E-state index contributed by atoms with van der Waals surface area (Å²) in [6.07, 6.45) is 2.25. The summed E-state index contributed by atoms with van der Waals surface area (Å²) in [5.41, 5.74) is 0.825. The van der Waals surface area contributed by atoms with Gasteiger partial charge in [0.25, 0.3) is 0 Å². The van der Waals surface area contributed by atoms with Crippen LogP contribution in [0.1, 0.15) is 39.2 Å². The van der Waals surface area contributed by atoms with Crippen LogP contribution in [0.4, 0.5) is 4.79 Å². The lowest BCUT2D eigenvalue weighted by atomic mass is 10.2. The first-order chi connectivity index (χ1) is 13.4. The quantitative estimate of drug-likeness (QED) is 0.181. The molecule has 0 radical (unpaired) electrons.